The van der Waals surface area contributed by atoms with E-state index >= 15 is 0 Å². The Morgan fingerprint density at radius 1 is 1.09 bits per heavy atom. The first-order valence-corrected chi connectivity index (χ1v) is 7.11. The van der Waals surface area contributed by atoms with Gasteiger partial charge in [-0.3, -0.25) is 9.79 Å². The van der Waals surface area contributed by atoms with Crippen LogP contribution < -0.4 is 33.6 Å². The normalized spacial score (nSPS) is 12.7. The van der Waals surface area contributed by atoms with Gasteiger partial charge in [0.05, 0.1) is 6.04 Å². The number of urea groups is 1. The number of carbonyl (C=O) groups excluding carboxylic acids is 2. The van der Waals surface area contributed by atoms with Crippen LogP contribution in [0.5, 0.6) is 0 Å². The number of primary amides is 1. The maximum absolute atomic E-state index is 11.9. The Morgan fingerprint density at radius 2 is 1.74 bits per heavy atom. The number of aliphatic imine (C=N–C) groups is 1. The van der Waals surface area contributed by atoms with Crippen LogP contribution in [0.3, 0.4) is 0 Å². The van der Waals surface area contributed by atoms with Crippen LogP contribution in [0.15, 0.2) is 4.99 Å². The van der Waals surface area contributed by atoms with Gasteiger partial charge in [-0.25, -0.2) is 9.59 Å². The number of carboxylic acid groups (broad SMARTS) is 1. The number of carbonyl (C=O) groups is 3. The van der Waals surface area contributed by atoms with E-state index in [-0.39, 0.29) is 18.9 Å². The Morgan fingerprint density at radius 3 is 2.26 bits per heavy atom. The molecule has 23 heavy (non-hydrogen) atoms. The molecule has 0 aromatic rings. The molecule has 0 aromatic carbocycles. The summed E-state index contributed by atoms with van der Waals surface area (Å²) < 4.78 is 0. The number of carboxylic acids is 1. The standard InChI is InChI=1S/C12H25N7O4/c13-7(3-1-5-17-11(14)15)9(20)19-8(10(21)22)4-2-6-18-12(16)23/h7-8H,1-6,13H2,(H,19,20)(H,21,22)(H4,14,15,17)(H3,16,18,23)/t7-,8-/m0/s1. The number of hydrogen-bond donors (Lipinski definition) is 7. The molecule has 0 saturated heterocycles. The molecule has 0 aliphatic carbocycles. The van der Waals surface area contributed by atoms with Crippen molar-refractivity contribution in [1.82, 2.24) is 10.6 Å². The van der Waals surface area contributed by atoms with Crippen LogP contribution in [0.4, 0.5) is 4.79 Å². The van der Waals surface area contributed by atoms with Crippen molar-refractivity contribution in [1.29, 1.82) is 0 Å². The highest BCUT2D eigenvalue weighted by molar-refractivity contribution is 5.86. The van der Waals surface area contributed by atoms with Crippen LogP contribution in [0, 0.1) is 0 Å². The van der Waals surface area contributed by atoms with E-state index in [1.165, 1.54) is 0 Å². The van der Waals surface area contributed by atoms with Gasteiger partial charge in [0.2, 0.25) is 5.91 Å². The Balaban J connectivity index is 4.19. The van der Waals surface area contributed by atoms with Gasteiger partial charge in [-0.15, -0.1) is 0 Å². The molecule has 132 valence electrons. The molecule has 11 N–H and O–H groups in total. The van der Waals surface area contributed by atoms with Gasteiger partial charge in [-0.1, -0.05) is 0 Å². The molecule has 0 aliphatic heterocycles. The van der Waals surface area contributed by atoms with E-state index in [4.69, 9.17) is 28.0 Å². The van der Waals surface area contributed by atoms with E-state index in [0.717, 1.165) is 0 Å². The Hall–Kier alpha value is -2.56. The van der Waals surface area contributed by atoms with Crippen molar-refractivity contribution in [3.63, 3.8) is 0 Å². The Bertz CT molecular complexity index is 437. The number of aliphatic carboxylic acids is 1. The quantitative estimate of drug-likeness (QED) is 0.121. The summed E-state index contributed by atoms with van der Waals surface area (Å²) in [5, 5.41) is 13.8. The molecule has 0 aromatic heterocycles. The largest absolute Gasteiger partial charge is 0.480 e. The lowest BCUT2D eigenvalue weighted by molar-refractivity contribution is -0.142. The van der Waals surface area contributed by atoms with Crippen LogP contribution in [-0.4, -0.2) is 54.1 Å². The van der Waals surface area contributed by atoms with Crippen LogP contribution in [0.25, 0.3) is 0 Å². The van der Waals surface area contributed by atoms with Gasteiger partial charge < -0.3 is 38.7 Å². The molecule has 0 rings (SSSR count). The summed E-state index contributed by atoms with van der Waals surface area (Å²) in [5.74, 6) is -1.78. The highest BCUT2D eigenvalue weighted by Crippen LogP contribution is 2.01. The van der Waals surface area contributed by atoms with Gasteiger partial charge in [0, 0.05) is 13.1 Å². The molecule has 3 amide bonds. The highest BCUT2D eigenvalue weighted by Gasteiger charge is 2.22. The van der Waals surface area contributed by atoms with E-state index in [1.54, 1.807) is 0 Å². The smallest absolute Gasteiger partial charge is 0.326 e. The lowest BCUT2D eigenvalue weighted by atomic mass is 10.1. The van der Waals surface area contributed by atoms with Crippen LogP contribution in [0.2, 0.25) is 0 Å². The molecule has 0 bridgehead atoms. The first-order valence-electron chi connectivity index (χ1n) is 7.11. The van der Waals surface area contributed by atoms with Crippen molar-refractivity contribution in [3.8, 4) is 0 Å². The average Bonchev–Trinajstić information content (AvgIpc) is 2.45. The third kappa shape index (κ3) is 10.8. The van der Waals surface area contributed by atoms with Crippen molar-refractivity contribution >= 4 is 23.9 Å². The molecular formula is C12H25N7O4. The number of nitrogens with one attached hydrogen (secondary N) is 2. The van der Waals surface area contributed by atoms with Gasteiger partial charge in [-0.05, 0) is 25.7 Å². The molecule has 11 heteroatoms. The second-order valence-electron chi connectivity index (χ2n) is 4.89. The predicted molar refractivity (Wildman–Crippen MR) is 84.3 cm³/mol. The molecule has 2 atom stereocenters. The fourth-order valence-electron chi connectivity index (χ4n) is 1.70. The summed E-state index contributed by atoms with van der Waals surface area (Å²) in [6.45, 7) is 0.560. The molecule has 11 nitrogen and oxygen atoms in total. The minimum absolute atomic E-state index is 0.0430. The number of amides is 3. The van der Waals surface area contributed by atoms with Crippen molar-refractivity contribution in [2.45, 2.75) is 37.8 Å². The Kier molecular flexibility index (Phi) is 9.83. The first-order chi connectivity index (χ1) is 10.7. The lowest BCUT2D eigenvalue weighted by Crippen LogP contribution is -2.48. The Labute approximate surface area is 133 Å². The summed E-state index contributed by atoms with van der Waals surface area (Å²) in [4.78, 5) is 37.2. The number of nitrogens with zero attached hydrogens (tertiary/aromatic N) is 1. The minimum Gasteiger partial charge on any atom is -0.480 e. The van der Waals surface area contributed by atoms with Gasteiger partial charge in [-0.2, -0.15) is 0 Å². The number of rotatable bonds is 11. The molecule has 0 radical (unpaired) electrons. The average molecular weight is 331 g/mol. The zero-order chi connectivity index (χ0) is 17.8. The van der Waals surface area contributed by atoms with E-state index in [9.17, 15) is 14.4 Å². The van der Waals surface area contributed by atoms with Crippen LogP contribution in [0.1, 0.15) is 25.7 Å². The summed E-state index contributed by atoms with van der Waals surface area (Å²) >= 11 is 0. The van der Waals surface area contributed by atoms with Gasteiger partial charge in [0.15, 0.2) is 5.96 Å². The second kappa shape index (κ2) is 11.1. The molecule has 0 heterocycles. The summed E-state index contributed by atoms with van der Waals surface area (Å²) in [6.07, 6.45) is 1.30. The van der Waals surface area contributed by atoms with E-state index in [1.807, 2.05) is 0 Å². The van der Waals surface area contributed by atoms with E-state index < -0.39 is 30.0 Å². The maximum atomic E-state index is 11.9. The lowest BCUT2D eigenvalue weighted by Gasteiger charge is -2.17. The monoisotopic (exact) mass is 331 g/mol. The highest BCUT2D eigenvalue weighted by atomic mass is 16.4. The first kappa shape index (κ1) is 20.4. The zero-order valence-electron chi connectivity index (χ0n) is 12.8. The summed E-state index contributed by atoms with van der Waals surface area (Å²) in [6, 6.07) is -2.63. The molecule has 0 spiro atoms. The van der Waals surface area contributed by atoms with Crippen molar-refractivity contribution in [2.75, 3.05) is 13.1 Å². The van der Waals surface area contributed by atoms with Crippen molar-refractivity contribution in [3.05, 3.63) is 0 Å². The van der Waals surface area contributed by atoms with Crippen LogP contribution in [-0.2, 0) is 9.59 Å². The fourth-order valence-corrected chi connectivity index (χ4v) is 1.70. The number of hydrogen-bond acceptors (Lipinski definition) is 5. The third-order valence-electron chi connectivity index (χ3n) is 2.89. The molecule has 0 aliphatic rings. The number of nitrogens with two attached hydrogens (primary N) is 4. The molecule has 0 unspecified atom stereocenters. The van der Waals surface area contributed by atoms with Gasteiger partial charge in [0.1, 0.15) is 6.04 Å². The zero-order valence-corrected chi connectivity index (χ0v) is 12.8. The molecule has 0 saturated carbocycles. The number of guanidine groups is 1. The van der Waals surface area contributed by atoms with Gasteiger partial charge in [0.25, 0.3) is 0 Å². The summed E-state index contributed by atoms with van der Waals surface area (Å²) in [5.41, 5.74) is 20.9. The fraction of sp³-hybridized carbons (Fsp3) is 0.667. The summed E-state index contributed by atoms with van der Waals surface area (Å²) in [7, 11) is 0. The third-order valence-corrected chi connectivity index (χ3v) is 2.89. The maximum Gasteiger partial charge on any atom is 0.326 e. The topological polar surface area (TPSA) is 212 Å². The van der Waals surface area contributed by atoms with Crippen molar-refractivity contribution in [2.24, 2.45) is 27.9 Å². The predicted octanol–water partition coefficient (Wildman–Crippen LogP) is -2.61. The van der Waals surface area contributed by atoms with E-state index in [0.29, 0.717) is 25.8 Å². The minimum atomic E-state index is -1.18. The second-order valence-corrected chi connectivity index (χ2v) is 4.89. The molecular weight excluding hydrogens is 306 g/mol. The van der Waals surface area contributed by atoms with Crippen LogP contribution >= 0.6 is 0 Å². The van der Waals surface area contributed by atoms with Gasteiger partial charge >= 0.3 is 12.0 Å². The van der Waals surface area contributed by atoms with E-state index in [2.05, 4.69) is 15.6 Å². The van der Waals surface area contributed by atoms with Crippen molar-refractivity contribution < 1.29 is 19.5 Å². The SMILES string of the molecule is NC(=O)NCCC[C@H](NC(=O)[C@@H](N)CCCN=C(N)N)C(=O)O. The molecule has 0 fully saturated rings.